The molecule has 1 atom stereocenters. The highest BCUT2D eigenvalue weighted by molar-refractivity contribution is 5.49. The molecule has 1 saturated heterocycles. The van der Waals surface area contributed by atoms with Crippen LogP contribution in [0.5, 0.6) is 0 Å². The molecule has 90 valence electrons. The predicted octanol–water partition coefficient (Wildman–Crippen LogP) is 1.52. The molecule has 2 heterocycles. The first-order valence-corrected chi connectivity index (χ1v) is 6.07. The maximum absolute atomic E-state index is 8.83. The van der Waals surface area contributed by atoms with E-state index < -0.39 is 0 Å². The number of pyridine rings is 1. The fourth-order valence-electron chi connectivity index (χ4n) is 2.36. The molecule has 0 radical (unpaired) electrons. The Hall–Kier alpha value is -1.60. The van der Waals surface area contributed by atoms with Crippen LogP contribution in [-0.2, 0) is 0 Å². The van der Waals surface area contributed by atoms with Crippen molar-refractivity contribution in [2.75, 3.05) is 18.0 Å². The summed E-state index contributed by atoms with van der Waals surface area (Å²) in [5.74, 6) is 0.628. The van der Waals surface area contributed by atoms with Gasteiger partial charge in [0.1, 0.15) is 11.8 Å². The maximum atomic E-state index is 8.83. The molecule has 2 rings (SSSR count). The van der Waals surface area contributed by atoms with Gasteiger partial charge in [0.05, 0.1) is 0 Å². The average Bonchev–Trinajstić information content (AvgIpc) is 2.39. The summed E-state index contributed by atoms with van der Waals surface area (Å²) in [5.41, 5.74) is 7.51. The lowest BCUT2D eigenvalue weighted by Crippen LogP contribution is -2.39. The summed E-state index contributed by atoms with van der Waals surface area (Å²) in [7, 11) is 0. The van der Waals surface area contributed by atoms with Crippen LogP contribution in [0.15, 0.2) is 18.3 Å². The van der Waals surface area contributed by atoms with Crippen LogP contribution in [0.2, 0.25) is 0 Å². The number of rotatable bonds is 2. The molecule has 0 amide bonds. The van der Waals surface area contributed by atoms with E-state index in [9.17, 15) is 0 Å². The molecule has 4 heteroatoms. The van der Waals surface area contributed by atoms with Gasteiger partial charge in [-0.25, -0.2) is 4.98 Å². The van der Waals surface area contributed by atoms with Crippen molar-refractivity contribution in [2.45, 2.75) is 25.8 Å². The zero-order valence-electron chi connectivity index (χ0n) is 10.1. The summed E-state index contributed by atoms with van der Waals surface area (Å²) in [4.78, 5) is 6.30. The Labute approximate surface area is 102 Å². The third kappa shape index (κ3) is 2.75. The lowest BCUT2D eigenvalue weighted by atomic mass is 9.91. The van der Waals surface area contributed by atoms with Crippen molar-refractivity contribution in [3.8, 4) is 6.07 Å². The summed E-state index contributed by atoms with van der Waals surface area (Å²) in [6, 6.07) is 6.18. The first-order chi connectivity index (χ1) is 8.20. The zero-order valence-corrected chi connectivity index (χ0v) is 10.1. The Morgan fingerprint density at radius 1 is 1.53 bits per heavy atom. The number of aromatic nitrogens is 1. The van der Waals surface area contributed by atoms with Gasteiger partial charge < -0.3 is 10.6 Å². The number of hydrogen-bond donors (Lipinski definition) is 1. The molecule has 1 fully saturated rings. The number of hydrogen-bond acceptors (Lipinski definition) is 4. The van der Waals surface area contributed by atoms with Gasteiger partial charge in [-0.15, -0.1) is 0 Å². The third-order valence-corrected chi connectivity index (χ3v) is 3.51. The number of nitrogens with two attached hydrogens (primary N) is 1. The third-order valence-electron chi connectivity index (χ3n) is 3.51. The average molecular weight is 230 g/mol. The Morgan fingerprint density at radius 3 is 2.82 bits per heavy atom. The largest absolute Gasteiger partial charge is 0.371 e. The molecule has 1 aromatic heterocycles. The lowest BCUT2D eigenvalue weighted by molar-refractivity contribution is 0.354. The van der Waals surface area contributed by atoms with Crippen LogP contribution in [0.25, 0.3) is 0 Å². The van der Waals surface area contributed by atoms with Gasteiger partial charge in [0.15, 0.2) is 0 Å². The quantitative estimate of drug-likeness (QED) is 0.836. The highest BCUT2D eigenvalue weighted by Crippen LogP contribution is 2.24. The van der Waals surface area contributed by atoms with E-state index in [-0.39, 0.29) is 6.04 Å². The highest BCUT2D eigenvalue weighted by Gasteiger charge is 2.22. The van der Waals surface area contributed by atoms with E-state index in [0.717, 1.165) is 31.6 Å². The second-order valence-corrected chi connectivity index (χ2v) is 4.69. The Kier molecular flexibility index (Phi) is 3.60. The molecule has 17 heavy (non-hydrogen) atoms. The van der Waals surface area contributed by atoms with Crippen molar-refractivity contribution in [2.24, 2.45) is 11.7 Å². The van der Waals surface area contributed by atoms with Crippen LogP contribution in [0.1, 0.15) is 25.5 Å². The van der Waals surface area contributed by atoms with E-state index in [2.05, 4.69) is 22.9 Å². The fraction of sp³-hybridized carbons (Fsp3) is 0.538. The minimum absolute atomic E-state index is 0.282. The molecule has 0 spiro atoms. The van der Waals surface area contributed by atoms with Gasteiger partial charge in [0.25, 0.3) is 0 Å². The van der Waals surface area contributed by atoms with Gasteiger partial charge in [-0.05, 0) is 37.8 Å². The summed E-state index contributed by atoms with van der Waals surface area (Å²) in [6.07, 6.45) is 3.95. The van der Waals surface area contributed by atoms with Crippen molar-refractivity contribution >= 4 is 5.69 Å². The molecular formula is C13H18N4. The summed E-state index contributed by atoms with van der Waals surface area (Å²) < 4.78 is 0. The Balaban J connectivity index is 2.03. The molecule has 1 aliphatic rings. The van der Waals surface area contributed by atoms with Crippen LogP contribution in [-0.4, -0.2) is 24.1 Å². The van der Waals surface area contributed by atoms with E-state index in [1.165, 1.54) is 0 Å². The smallest absolute Gasteiger partial charge is 0.142 e. The van der Waals surface area contributed by atoms with Gasteiger partial charge in [-0.1, -0.05) is 0 Å². The highest BCUT2D eigenvalue weighted by atomic mass is 15.1. The van der Waals surface area contributed by atoms with Crippen LogP contribution >= 0.6 is 0 Å². The van der Waals surface area contributed by atoms with Gasteiger partial charge in [-0.3, -0.25) is 0 Å². The van der Waals surface area contributed by atoms with Crippen LogP contribution in [0.3, 0.4) is 0 Å². The molecule has 0 bridgehead atoms. The van der Waals surface area contributed by atoms with Crippen molar-refractivity contribution in [1.82, 2.24) is 4.98 Å². The SMILES string of the molecule is CC(N)C1CCN(c2ccnc(C#N)c2)CC1. The molecular weight excluding hydrogens is 212 g/mol. The lowest BCUT2D eigenvalue weighted by Gasteiger charge is -2.35. The van der Waals surface area contributed by atoms with Crippen molar-refractivity contribution in [1.29, 1.82) is 5.26 Å². The minimum Gasteiger partial charge on any atom is -0.371 e. The van der Waals surface area contributed by atoms with Gasteiger partial charge in [0.2, 0.25) is 0 Å². The van der Waals surface area contributed by atoms with Crippen molar-refractivity contribution in [3.05, 3.63) is 24.0 Å². The molecule has 0 aliphatic carbocycles. The summed E-state index contributed by atoms with van der Waals surface area (Å²) in [6.45, 7) is 4.11. The second kappa shape index (κ2) is 5.15. The first-order valence-electron chi connectivity index (χ1n) is 6.07. The van der Waals surface area contributed by atoms with E-state index in [1.807, 2.05) is 12.1 Å². The van der Waals surface area contributed by atoms with E-state index in [0.29, 0.717) is 11.6 Å². The van der Waals surface area contributed by atoms with Gasteiger partial charge in [-0.2, -0.15) is 5.26 Å². The standard InChI is InChI=1S/C13H18N4/c1-10(15)11-3-6-17(7-4-11)13-2-5-16-12(8-13)9-14/h2,5,8,10-11H,3-4,6-7,15H2,1H3. The molecule has 0 saturated carbocycles. The second-order valence-electron chi connectivity index (χ2n) is 4.69. The van der Waals surface area contributed by atoms with Gasteiger partial charge in [0, 0.05) is 31.0 Å². The molecule has 1 aromatic rings. The number of piperidine rings is 1. The number of anilines is 1. The first kappa shape index (κ1) is 11.9. The van der Waals surface area contributed by atoms with Crippen LogP contribution in [0, 0.1) is 17.2 Å². The molecule has 2 N–H and O–H groups in total. The van der Waals surface area contributed by atoms with E-state index in [4.69, 9.17) is 11.0 Å². The zero-order chi connectivity index (χ0) is 12.3. The maximum Gasteiger partial charge on any atom is 0.142 e. The fourth-order valence-corrected chi connectivity index (χ4v) is 2.36. The summed E-state index contributed by atoms with van der Waals surface area (Å²) in [5, 5.41) is 8.83. The number of nitrogens with zero attached hydrogens (tertiary/aromatic N) is 3. The summed E-state index contributed by atoms with van der Waals surface area (Å²) >= 11 is 0. The normalized spacial score (nSPS) is 18.8. The molecule has 1 unspecified atom stereocenters. The molecule has 1 aliphatic heterocycles. The Morgan fingerprint density at radius 2 is 2.24 bits per heavy atom. The monoisotopic (exact) mass is 230 g/mol. The number of nitriles is 1. The van der Waals surface area contributed by atoms with E-state index in [1.54, 1.807) is 6.20 Å². The Bertz CT molecular complexity index is 414. The minimum atomic E-state index is 0.282. The van der Waals surface area contributed by atoms with Crippen LogP contribution in [0.4, 0.5) is 5.69 Å². The molecule has 0 aromatic carbocycles. The van der Waals surface area contributed by atoms with Crippen LogP contribution < -0.4 is 10.6 Å². The van der Waals surface area contributed by atoms with Crippen molar-refractivity contribution < 1.29 is 0 Å². The topological polar surface area (TPSA) is 65.9 Å². The van der Waals surface area contributed by atoms with E-state index >= 15 is 0 Å². The molecule has 4 nitrogen and oxygen atoms in total. The predicted molar refractivity (Wildman–Crippen MR) is 67.5 cm³/mol. The van der Waals surface area contributed by atoms with Crippen molar-refractivity contribution in [3.63, 3.8) is 0 Å². The van der Waals surface area contributed by atoms with Gasteiger partial charge >= 0.3 is 0 Å².